The van der Waals surface area contributed by atoms with Crippen LogP contribution in [0.3, 0.4) is 0 Å². The first-order valence-corrected chi connectivity index (χ1v) is 10.6. The molecular formula is C26H29N3O. The van der Waals surface area contributed by atoms with E-state index in [9.17, 15) is 4.79 Å². The van der Waals surface area contributed by atoms with E-state index >= 15 is 0 Å². The van der Waals surface area contributed by atoms with Crippen LogP contribution in [-0.4, -0.2) is 42.0 Å². The summed E-state index contributed by atoms with van der Waals surface area (Å²) in [5, 5.41) is 3.00. The highest BCUT2D eigenvalue weighted by molar-refractivity contribution is 5.89. The molecule has 4 nitrogen and oxygen atoms in total. The molecule has 1 atom stereocenters. The second kappa shape index (κ2) is 9.14. The van der Waals surface area contributed by atoms with E-state index in [2.05, 4.69) is 72.6 Å². The molecule has 3 aromatic rings. The summed E-state index contributed by atoms with van der Waals surface area (Å²) in [7, 11) is 0. The monoisotopic (exact) mass is 399 g/mol. The molecule has 0 unspecified atom stereocenters. The molecule has 4 rings (SSSR count). The second-order valence-electron chi connectivity index (χ2n) is 7.99. The van der Waals surface area contributed by atoms with E-state index in [-0.39, 0.29) is 12.1 Å². The Hall–Kier alpha value is -3.11. The minimum atomic E-state index is -0.0242. The average molecular weight is 400 g/mol. The van der Waals surface area contributed by atoms with Crippen molar-refractivity contribution in [1.29, 1.82) is 0 Å². The molecule has 30 heavy (non-hydrogen) atoms. The van der Waals surface area contributed by atoms with Crippen molar-refractivity contribution in [3.63, 3.8) is 0 Å². The van der Waals surface area contributed by atoms with Gasteiger partial charge in [0.25, 0.3) is 0 Å². The topological polar surface area (TPSA) is 35.6 Å². The minimum Gasteiger partial charge on any atom is -0.322 e. The Bertz CT molecular complexity index is 980. The molecule has 1 fully saturated rings. The molecule has 154 valence electrons. The van der Waals surface area contributed by atoms with Crippen molar-refractivity contribution in [3.8, 4) is 0 Å². The third-order valence-corrected chi connectivity index (χ3v) is 5.84. The quantitative estimate of drug-likeness (QED) is 0.651. The lowest BCUT2D eigenvalue weighted by Crippen LogP contribution is -2.51. The van der Waals surface area contributed by atoms with Gasteiger partial charge in [0, 0.05) is 31.9 Å². The molecule has 0 radical (unpaired) electrons. The van der Waals surface area contributed by atoms with E-state index in [0.717, 1.165) is 18.8 Å². The molecule has 0 aromatic heterocycles. The van der Waals surface area contributed by atoms with Crippen LogP contribution < -0.4 is 5.32 Å². The molecule has 1 aliphatic rings. The highest BCUT2D eigenvalue weighted by atomic mass is 16.2. The van der Waals surface area contributed by atoms with Crippen LogP contribution in [0.5, 0.6) is 0 Å². The van der Waals surface area contributed by atoms with Crippen LogP contribution >= 0.6 is 0 Å². The number of aryl methyl sites for hydroxylation is 2. The molecule has 2 amide bonds. The summed E-state index contributed by atoms with van der Waals surface area (Å²) in [4.78, 5) is 17.1. The number of carbonyl (C=O) groups excluding carboxylic acids is 1. The highest BCUT2D eigenvalue weighted by Gasteiger charge is 2.29. The van der Waals surface area contributed by atoms with Crippen LogP contribution in [0, 0.1) is 13.8 Å². The lowest BCUT2D eigenvalue weighted by molar-refractivity contribution is 0.126. The van der Waals surface area contributed by atoms with Gasteiger partial charge in [-0.1, -0.05) is 72.3 Å². The molecule has 0 spiro atoms. The van der Waals surface area contributed by atoms with Crippen molar-refractivity contribution in [2.75, 3.05) is 31.5 Å². The zero-order chi connectivity index (χ0) is 20.9. The van der Waals surface area contributed by atoms with Gasteiger partial charge in [-0.15, -0.1) is 0 Å². The Morgan fingerprint density at radius 3 is 2.13 bits per heavy atom. The van der Waals surface area contributed by atoms with Gasteiger partial charge in [0.15, 0.2) is 0 Å². The summed E-state index contributed by atoms with van der Waals surface area (Å²) in [6.45, 7) is 7.45. The van der Waals surface area contributed by atoms with Gasteiger partial charge in [-0.3, -0.25) is 4.90 Å². The van der Waals surface area contributed by atoms with Crippen molar-refractivity contribution in [2.45, 2.75) is 19.9 Å². The molecule has 1 heterocycles. The Kier molecular flexibility index (Phi) is 6.15. The number of para-hydroxylation sites is 1. The fraction of sp³-hybridized carbons (Fsp3) is 0.269. The number of carbonyl (C=O) groups is 1. The third kappa shape index (κ3) is 4.55. The minimum absolute atomic E-state index is 0.0242. The number of anilines is 1. The lowest BCUT2D eigenvalue weighted by atomic mass is 9.92. The largest absolute Gasteiger partial charge is 0.322 e. The zero-order valence-electron chi connectivity index (χ0n) is 17.7. The predicted molar refractivity (Wildman–Crippen MR) is 123 cm³/mol. The van der Waals surface area contributed by atoms with Crippen molar-refractivity contribution in [3.05, 3.63) is 101 Å². The lowest BCUT2D eigenvalue weighted by Gasteiger charge is -2.40. The van der Waals surface area contributed by atoms with Gasteiger partial charge in [-0.05, 0) is 42.7 Å². The second-order valence-corrected chi connectivity index (χ2v) is 7.99. The SMILES string of the molecule is Cc1ccc(C)c([C@H](c2ccccc2)N2CCN(C(=O)Nc3ccccc3)CC2)c1. The number of urea groups is 1. The first kappa shape index (κ1) is 20.2. The van der Waals surface area contributed by atoms with E-state index in [0.29, 0.717) is 13.1 Å². The van der Waals surface area contributed by atoms with E-state index < -0.39 is 0 Å². The van der Waals surface area contributed by atoms with Crippen molar-refractivity contribution in [1.82, 2.24) is 9.80 Å². The fourth-order valence-corrected chi connectivity index (χ4v) is 4.18. The number of piperazine rings is 1. The zero-order valence-corrected chi connectivity index (χ0v) is 17.7. The molecule has 1 saturated heterocycles. The van der Waals surface area contributed by atoms with Crippen LogP contribution in [0.2, 0.25) is 0 Å². The Balaban J connectivity index is 1.51. The van der Waals surface area contributed by atoms with Gasteiger partial charge in [0.2, 0.25) is 0 Å². The van der Waals surface area contributed by atoms with Gasteiger partial charge in [-0.2, -0.15) is 0 Å². The first-order valence-electron chi connectivity index (χ1n) is 10.6. The molecule has 1 aliphatic heterocycles. The summed E-state index contributed by atoms with van der Waals surface area (Å²) >= 11 is 0. The molecular weight excluding hydrogens is 370 g/mol. The van der Waals surface area contributed by atoms with Crippen LogP contribution in [0.1, 0.15) is 28.3 Å². The standard InChI is InChI=1S/C26H29N3O/c1-20-13-14-21(2)24(19-20)25(22-9-5-3-6-10-22)28-15-17-29(18-16-28)26(30)27-23-11-7-4-8-12-23/h3-14,19,25H,15-18H2,1-2H3,(H,27,30)/t25-/m0/s1. The molecule has 1 N–H and O–H groups in total. The van der Waals surface area contributed by atoms with E-state index in [1.165, 1.54) is 22.3 Å². The Morgan fingerprint density at radius 2 is 1.47 bits per heavy atom. The van der Waals surface area contributed by atoms with Gasteiger partial charge < -0.3 is 10.2 Å². The van der Waals surface area contributed by atoms with Crippen molar-refractivity contribution >= 4 is 11.7 Å². The van der Waals surface area contributed by atoms with Gasteiger partial charge in [-0.25, -0.2) is 4.79 Å². The first-order chi connectivity index (χ1) is 14.6. The summed E-state index contributed by atoms with van der Waals surface area (Å²) in [6.07, 6.45) is 0. The smallest absolute Gasteiger partial charge is 0.321 e. The number of rotatable bonds is 4. The number of nitrogens with zero attached hydrogens (tertiary/aromatic N) is 2. The third-order valence-electron chi connectivity index (χ3n) is 5.84. The predicted octanol–water partition coefficient (Wildman–Crippen LogP) is 5.24. The van der Waals surface area contributed by atoms with Gasteiger partial charge >= 0.3 is 6.03 Å². The summed E-state index contributed by atoms with van der Waals surface area (Å²) in [5.41, 5.74) is 6.07. The maximum atomic E-state index is 12.7. The maximum absolute atomic E-state index is 12.7. The normalized spacial score (nSPS) is 15.6. The molecule has 0 saturated carbocycles. The van der Waals surface area contributed by atoms with Crippen LogP contribution in [0.25, 0.3) is 0 Å². The molecule has 0 aliphatic carbocycles. The maximum Gasteiger partial charge on any atom is 0.321 e. The number of nitrogens with one attached hydrogen (secondary N) is 1. The Labute approximate surface area is 179 Å². The van der Waals surface area contributed by atoms with Crippen LogP contribution in [-0.2, 0) is 0 Å². The molecule has 4 heteroatoms. The van der Waals surface area contributed by atoms with Crippen LogP contribution in [0.15, 0.2) is 78.9 Å². The Morgan fingerprint density at radius 1 is 0.833 bits per heavy atom. The number of hydrogen-bond donors (Lipinski definition) is 1. The fourth-order valence-electron chi connectivity index (χ4n) is 4.18. The highest BCUT2D eigenvalue weighted by Crippen LogP contribution is 2.32. The molecule has 3 aromatic carbocycles. The van der Waals surface area contributed by atoms with Crippen molar-refractivity contribution in [2.24, 2.45) is 0 Å². The van der Waals surface area contributed by atoms with Gasteiger partial charge in [0.1, 0.15) is 0 Å². The molecule has 0 bridgehead atoms. The average Bonchev–Trinajstić information content (AvgIpc) is 2.78. The number of benzene rings is 3. The van der Waals surface area contributed by atoms with E-state index in [4.69, 9.17) is 0 Å². The summed E-state index contributed by atoms with van der Waals surface area (Å²) in [6, 6.07) is 27.2. The van der Waals surface area contributed by atoms with E-state index in [1.807, 2.05) is 35.2 Å². The van der Waals surface area contributed by atoms with Crippen LogP contribution in [0.4, 0.5) is 10.5 Å². The van der Waals surface area contributed by atoms with E-state index in [1.54, 1.807) is 0 Å². The van der Waals surface area contributed by atoms with Crippen molar-refractivity contribution < 1.29 is 4.79 Å². The summed E-state index contributed by atoms with van der Waals surface area (Å²) in [5.74, 6) is 0. The van der Waals surface area contributed by atoms with Gasteiger partial charge in [0.05, 0.1) is 6.04 Å². The number of amides is 2. The number of hydrogen-bond acceptors (Lipinski definition) is 2. The summed E-state index contributed by atoms with van der Waals surface area (Å²) < 4.78 is 0.